The number of carbonyl (C=O) groups is 1. The lowest BCUT2D eigenvalue weighted by atomic mass is 10.0. The second-order valence-electron chi connectivity index (χ2n) is 6.90. The van der Waals surface area contributed by atoms with Gasteiger partial charge in [-0.2, -0.15) is 5.10 Å². The van der Waals surface area contributed by atoms with Gasteiger partial charge in [-0.3, -0.25) is 9.48 Å². The van der Waals surface area contributed by atoms with Crippen LogP contribution in [0.15, 0.2) is 4.47 Å². The molecule has 1 aliphatic carbocycles. The fraction of sp³-hybridized carbons (Fsp3) is 0.750. The van der Waals surface area contributed by atoms with E-state index < -0.39 is 0 Å². The van der Waals surface area contributed by atoms with Crippen molar-refractivity contribution in [3.05, 3.63) is 15.9 Å². The topological polar surface area (TPSA) is 34.9 Å². The zero-order chi connectivity index (χ0) is 15.3. The summed E-state index contributed by atoms with van der Waals surface area (Å²) in [4.78, 5) is 12.7. The summed E-state index contributed by atoms with van der Waals surface area (Å²) >= 11 is 3.62. The number of aromatic nitrogens is 2. The first-order valence-corrected chi connectivity index (χ1v) is 8.24. The standard InChI is InChI=1S/C16H25BrN2O/c1-7-10-13(17)11(19(8-2)18-10)9-12(20)14-15(3,4)16(14,5)6/h14H,7-9H2,1-6H3. The molecule has 1 fully saturated rings. The summed E-state index contributed by atoms with van der Waals surface area (Å²) in [6.07, 6.45) is 1.37. The molecule has 0 unspecified atom stereocenters. The van der Waals surface area contributed by atoms with Gasteiger partial charge < -0.3 is 0 Å². The molecular weight excluding hydrogens is 316 g/mol. The Balaban J connectivity index is 2.24. The van der Waals surface area contributed by atoms with Gasteiger partial charge >= 0.3 is 0 Å². The van der Waals surface area contributed by atoms with Gasteiger partial charge in [0.1, 0.15) is 5.78 Å². The predicted molar refractivity (Wildman–Crippen MR) is 84.7 cm³/mol. The van der Waals surface area contributed by atoms with Crippen molar-refractivity contribution in [2.45, 2.75) is 60.9 Å². The smallest absolute Gasteiger partial charge is 0.143 e. The summed E-state index contributed by atoms with van der Waals surface area (Å²) in [6, 6.07) is 0. The van der Waals surface area contributed by atoms with E-state index in [4.69, 9.17) is 0 Å². The number of nitrogens with zero attached hydrogens (tertiary/aromatic N) is 2. The molecule has 0 bridgehead atoms. The van der Waals surface area contributed by atoms with E-state index in [1.807, 2.05) is 4.68 Å². The van der Waals surface area contributed by atoms with Crippen LogP contribution in [0, 0.1) is 16.7 Å². The third-order valence-corrected chi connectivity index (χ3v) is 6.29. The quantitative estimate of drug-likeness (QED) is 0.811. The molecule has 112 valence electrons. The molecule has 0 saturated heterocycles. The molecule has 0 radical (unpaired) electrons. The molecule has 1 aromatic heterocycles. The minimum atomic E-state index is 0.112. The monoisotopic (exact) mass is 340 g/mol. The lowest BCUT2D eigenvalue weighted by Crippen LogP contribution is -2.14. The molecule has 0 aromatic carbocycles. The van der Waals surface area contributed by atoms with Crippen LogP contribution in [0.25, 0.3) is 0 Å². The van der Waals surface area contributed by atoms with Crippen molar-refractivity contribution >= 4 is 21.7 Å². The molecule has 0 N–H and O–H groups in total. The van der Waals surface area contributed by atoms with E-state index in [1.54, 1.807) is 0 Å². The number of halogens is 1. The lowest BCUT2D eigenvalue weighted by Gasteiger charge is -2.06. The van der Waals surface area contributed by atoms with Crippen LogP contribution in [0.2, 0.25) is 0 Å². The Hall–Kier alpha value is -0.640. The summed E-state index contributed by atoms with van der Waals surface area (Å²) in [6.45, 7) is 13.7. The Morgan fingerprint density at radius 3 is 2.20 bits per heavy atom. The first kappa shape index (κ1) is 15.7. The van der Waals surface area contributed by atoms with Crippen molar-refractivity contribution in [3.8, 4) is 0 Å². The number of hydrogen-bond acceptors (Lipinski definition) is 2. The fourth-order valence-corrected chi connectivity index (χ4v) is 4.16. The molecule has 2 rings (SSSR count). The van der Waals surface area contributed by atoms with Gasteiger partial charge in [-0.05, 0) is 40.1 Å². The maximum absolute atomic E-state index is 12.7. The molecular formula is C16H25BrN2O. The molecule has 3 nitrogen and oxygen atoms in total. The van der Waals surface area contributed by atoms with Gasteiger partial charge in [0.15, 0.2) is 0 Å². The van der Waals surface area contributed by atoms with E-state index in [9.17, 15) is 4.79 Å². The van der Waals surface area contributed by atoms with Gasteiger partial charge in [-0.25, -0.2) is 0 Å². The average molecular weight is 341 g/mol. The van der Waals surface area contributed by atoms with Crippen molar-refractivity contribution in [3.63, 3.8) is 0 Å². The third kappa shape index (κ3) is 2.16. The Morgan fingerprint density at radius 1 is 1.25 bits per heavy atom. The van der Waals surface area contributed by atoms with Gasteiger partial charge in [0.25, 0.3) is 0 Å². The molecule has 0 amide bonds. The number of carbonyl (C=O) groups excluding carboxylic acids is 1. The number of Topliss-reactive ketones (excluding diaryl/α,β-unsaturated/α-hetero) is 1. The summed E-state index contributed by atoms with van der Waals surface area (Å²) < 4.78 is 2.98. The minimum Gasteiger partial charge on any atom is -0.299 e. The van der Waals surface area contributed by atoms with E-state index >= 15 is 0 Å². The van der Waals surface area contributed by atoms with E-state index in [-0.39, 0.29) is 16.7 Å². The molecule has 1 aliphatic rings. The Labute approximate surface area is 130 Å². The number of ketones is 1. The van der Waals surface area contributed by atoms with Gasteiger partial charge in [-0.1, -0.05) is 34.6 Å². The molecule has 1 aromatic rings. The van der Waals surface area contributed by atoms with Crippen molar-refractivity contribution in [1.29, 1.82) is 0 Å². The number of rotatable bonds is 5. The van der Waals surface area contributed by atoms with Gasteiger partial charge in [0.05, 0.1) is 15.9 Å². The SMILES string of the molecule is CCc1nn(CC)c(CC(=O)C2C(C)(C)C2(C)C)c1Br. The Kier molecular flexibility index (Phi) is 3.91. The molecule has 20 heavy (non-hydrogen) atoms. The largest absolute Gasteiger partial charge is 0.299 e. The second-order valence-corrected chi connectivity index (χ2v) is 7.69. The summed E-state index contributed by atoms with van der Waals surface area (Å²) in [7, 11) is 0. The van der Waals surface area contributed by atoms with Gasteiger partial charge in [-0.15, -0.1) is 0 Å². The normalized spacial score (nSPS) is 20.1. The Morgan fingerprint density at radius 2 is 1.80 bits per heavy atom. The molecule has 4 heteroatoms. The fourth-order valence-electron chi connectivity index (χ4n) is 3.45. The first-order valence-electron chi connectivity index (χ1n) is 7.45. The number of hydrogen-bond donors (Lipinski definition) is 0. The van der Waals surface area contributed by atoms with Gasteiger partial charge in [0.2, 0.25) is 0 Å². The second kappa shape index (κ2) is 4.97. The molecule has 1 saturated carbocycles. The van der Waals surface area contributed by atoms with Crippen molar-refractivity contribution in [2.24, 2.45) is 16.7 Å². The van der Waals surface area contributed by atoms with Crippen LogP contribution in [0.4, 0.5) is 0 Å². The Bertz CT molecular complexity index is 529. The maximum atomic E-state index is 12.7. The highest BCUT2D eigenvalue weighted by atomic mass is 79.9. The van der Waals surface area contributed by atoms with Crippen molar-refractivity contribution in [1.82, 2.24) is 9.78 Å². The first-order chi connectivity index (χ1) is 9.18. The highest BCUT2D eigenvalue weighted by Crippen LogP contribution is 2.68. The third-order valence-electron chi connectivity index (χ3n) is 5.38. The van der Waals surface area contributed by atoms with Crippen LogP contribution >= 0.6 is 15.9 Å². The average Bonchev–Trinajstić information content (AvgIpc) is 2.63. The van der Waals surface area contributed by atoms with E-state index in [1.165, 1.54) is 0 Å². The van der Waals surface area contributed by atoms with Gasteiger partial charge in [0, 0.05) is 18.9 Å². The van der Waals surface area contributed by atoms with E-state index in [0.29, 0.717) is 12.2 Å². The zero-order valence-corrected chi connectivity index (χ0v) is 15.0. The van der Waals surface area contributed by atoms with Crippen LogP contribution in [0.1, 0.15) is 52.9 Å². The summed E-state index contributed by atoms with van der Waals surface area (Å²) in [5.41, 5.74) is 2.31. The molecule has 0 spiro atoms. The highest BCUT2D eigenvalue weighted by molar-refractivity contribution is 9.10. The molecule has 1 heterocycles. The van der Waals surface area contributed by atoms with Crippen LogP contribution in [0.5, 0.6) is 0 Å². The van der Waals surface area contributed by atoms with E-state index in [0.717, 1.165) is 28.8 Å². The van der Waals surface area contributed by atoms with Crippen molar-refractivity contribution < 1.29 is 4.79 Å². The highest BCUT2D eigenvalue weighted by Gasteiger charge is 2.67. The van der Waals surface area contributed by atoms with E-state index in [2.05, 4.69) is 62.6 Å². The summed E-state index contributed by atoms with van der Waals surface area (Å²) in [5.74, 6) is 0.505. The number of aryl methyl sites for hydroxylation is 2. The van der Waals surface area contributed by atoms with Crippen LogP contribution in [-0.4, -0.2) is 15.6 Å². The lowest BCUT2D eigenvalue weighted by molar-refractivity contribution is -0.120. The maximum Gasteiger partial charge on any atom is 0.143 e. The zero-order valence-electron chi connectivity index (χ0n) is 13.4. The summed E-state index contributed by atoms with van der Waals surface area (Å²) in [5, 5.41) is 4.57. The van der Waals surface area contributed by atoms with Crippen LogP contribution in [-0.2, 0) is 24.2 Å². The molecule has 0 atom stereocenters. The minimum absolute atomic E-state index is 0.112. The van der Waals surface area contributed by atoms with Crippen LogP contribution in [0.3, 0.4) is 0 Å². The molecule has 0 aliphatic heterocycles. The van der Waals surface area contributed by atoms with Crippen LogP contribution < -0.4 is 0 Å². The predicted octanol–water partition coefficient (Wildman–Crippen LogP) is 4.02. The van der Waals surface area contributed by atoms with Crippen molar-refractivity contribution in [2.75, 3.05) is 0 Å².